The van der Waals surface area contributed by atoms with Crippen molar-refractivity contribution in [1.29, 1.82) is 0 Å². The molecule has 1 amide bonds. The maximum Gasteiger partial charge on any atom is 0.291 e. The number of carbonyl (C=O) groups is 1. The minimum Gasteiger partial charge on any atom is -0.436 e. The third kappa shape index (κ3) is 3.60. The largest absolute Gasteiger partial charge is 0.436 e. The van der Waals surface area contributed by atoms with Gasteiger partial charge in [-0.15, -0.1) is 0 Å². The van der Waals surface area contributed by atoms with E-state index in [4.69, 9.17) is 4.42 Å². The van der Waals surface area contributed by atoms with Crippen LogP contribution in [0.2, 0.25) is 0 Å². The summed E-state index contributed by atoms with van der Waals surface area (Å²) in [6, 6.07) is 0.406. The van der Waals surface area contributed by atoms with E-state index < -0.39 is 0 Å². The van der Waals surface area contributed by atoms with Crippen LogP contribution in [-0.2, 0) is 0 Å². The molecule has 0 aromatic carbocycles. The smallest absolute Gasteiger partial charge is 0.291 e. The Balaban J connectivity index is 2.06. The molecular formula is C15H25N3O2. The molecule has 0 aliphatic carbocycles. The zero-order valence-electron chi connectivity index (χ0n) is 12.7. The number of aromatic nitrogens is 1. The molecule has 1 aliphatic rings. The van der Waals surface area contributed by atoms with Gasteiger partial charge in [0.05, 0.1) is 5.69 Å². The summed E-state index contributed by atoms with van der Waals surface area (Å²) in [7, 11) is 0. The van der Waals surface area contributed by atoms with Crippen LogP contribution >= 0.6 is 0 Å². The summed E-state index contributed by atoms with van der Waals surface area (Å²) >= 11 is 0. The maximum atomic E-state index is 12.6. The Kier molecular flexibility index (Phi) is 5.17. The van der Waals surface area contributed by atoms with Gasteiger partial charge in [-0.25, -0.2) is 4.98 Å². The molecule has 1 aliphatic heterocycles. The molecule has 2 rings (SSSR count). The zero-order valence-corrected chi connectivity index (χ0v) is 12.7. The second kappa shape index (κ2) is 6.88. The minimum absolute atomic E-state index is 0.0303. The highest BCUT2D eigenvalue weighted by Crippen LogP contribution is 2.15. The molecule has 1 aromatic rings. The average Bonchev–Trinajstić information content (AvgIpc) is 2.77. The Labute approximate surface area is 120 Å². The van der Waals surface area contributed by atoms with E-state index in [9.17, 15) is 4.79 Å². The van der Waals surface area contributed by atoms with Gasteiger partial charge in [0.25, 0.3) is 5.91 Å². The molecule has 5 nitrogen and oxygen atoms in total. The third-order valence-electron chi connectivity index (χ3n) is 3.73. The summed E-state index contributed by atoms with van der Waals surface area (Å²) in [5, 5.41) is 3.49. The fourth-order valence-electron chi connectivity index (χ4n) is 2.76. The lowest BCUT2D eigenvalue weighted by Gasteiger charge is -2.30. The predicted molar refractivity (Wildman–Crippen MR) is 77.8 cm³/mol. The molecule has 1 fully saturated rings. The van der Waals surface area contributed by atoms with Crippen molar-refractivity contribution < 1.29 is 9.21 Å². The van der Waals surface area contributed by atoms with E-state index in [0.29, 0.717) is 23.4 Å². The van der Waals surface area contributed by atoms with Gasteiger partial charge in [-0.3, -0.25) is 4.79 Å². The van der Waals surface area contributed by atoms with Crippen LogP contribution in [0.1, 0.15) is 54.7 Å². The van der Waals surface area contributed by atoms with E-state index in [1.165, 1.54) is 12.8 Å². The van der Waals surface area contributed by atoms with Crippen molar-refractivity contribution in [2.75, 3.05) is 19.6 Å². The van der Waals surface area contributed by atoms with E-state index in [-0.39, 0.29) is 5.91 Å². The topological polar surface area (TPSA) is 58.4 Å². The van der Waals surface area contributed by atoms with Gasteiger partial charge in [-0.05, 0) is 32.7 Å². The number of carbonyl (C=O) groups excluding carboxylic acids is 1. The van der Waals surface area contributed by atoms with Crippen LogP contribution in [0.15, 0.2) is 4.42 Å². The van der Waals surface area contributed by atoms with Crippen molar-refractivity contribution in [3.05, 3.63) is 17.3 Å². The molecule has 1 saturated heterocycles. The molecule has 1 aromatic heterocycles. The van der Waals surface area contributed by atoms with Crippen LogP contribution in [0.3, 0.4) is 0 Å². The van der Waals surface area contributed by atoms with Crippen LogP contribution in [-0.4, -0.2) is 41.5 Å². The molecule has 112 valence electrons. The minimum atomic E-state index is -0.0303. The number of oxazole rings is 1. The number of piperidine rings is 1. The third-order valence-corrected chi connectivity index (χ3v) is 3.73. The quantitative estimate of drug-likeness (QED) is 0.898. The molecule has 0 saturated carbocycles. The van der Waals surface area contributed by atoms with Crippen molar-refractivity contribution >= 4 is 5.91 Å². The number of aryl methyl sites for hydroxylation is 2. The predicted octanol–water partition coefficient (Wildman–Crippen LogP) is 2.29. The van der Waals surface area contributed by atoms with Crippen LogP contribution in [0.5, 0.6) is 0 Å². The molecule has 2 heterocycles. The average molecular weight is 279 g/mol. The Bertz CT molecular complexity index is 450. The van der Waals surface area contributed by atoms with Gasteiger partial charge < -0.3 is 14.6 Å². The maximum absolute atomic E-state index is 12.6. The molecule has 0 bridgehead atoms. The second-order valence-electron chi connectivity index (χ2n) is 5.55. The molecule has 1 unspecified atom stereocenters. The Morgan fingerprint density at radius 1 is 1.45 bits per heavy atom. The summed E-state index contributed by atoms with van der Waals surface area (Å²) < 4.78 is 5.47. The number of amides is 1. The molecule has 0 spiro atoms. The molecule has 1 atom stereocenters. The van der Waals surface area contributed by atoms with Crippen molar-refractivity contribution in [1.82, 2.24) is 15.2 Å². The van der Waals surface area contributed by atoms with Crippen molar-refractivity contribution in [2.45, 2.75) is 52.5 Å². The van der Waals surface area contributed by atoms with Gasteiger partial charge in [-0.1, -0.05) is 13.3 Å². The van der Waals surface area contributed by atoms with E-state index in [1.807, 2.05) is 11.8 Å². The number of nitrogens with zero attached hydrogens (tertiary/aromatic N) is 2. The van der Waals surface area contributed by atoms with E-state index >= 15 is 0 Å². The van der Waals surface area contributed by atoms with E-state index in [0.717, 1.165) is 32.5 Å². The number of nitrogens with one attached hydrogen (secondary N) is 1. The SMILES string of the molecule is CCCN(CC1CCCCN1)C(=O)c1oc(C)nc1C. The lowest BCUT2D eigenvalue weighted by Crippen LogP contribution is -2.46. The fourth-order valence-corrected chi connectivity index (χ4v) is 2.76. The van der Waals surface area contributed by atoms with Gasteiger partial charge in [0.2, 0.25) is 5.76 Å². The lowest BCUT2D eigenvalue weighted by atomic mass is 10.0. The number of hydrogen-bond acceptors (Lipinski definition) is 4. The Morgan fingerprint density at radius 2 is 2.25 bits per heavy atom. The highest BCUT2D eigenvalue weighted by molar-refractivity contribution is 5.92. The summed E-state index contributed by atoms with van der Waals surface area (Å²) in [4.78, 5) is 18.7. The first-order valence-electron chi connectivity index (χ1n) is 7.58. The summed E-state index contributed by atoms with van der Waals surface area (Å²) in [5.41, 5.74) is 0.685. The molecule has 20 heavy (non-hydrogen) atoms. The number of hydrogen-bond donors (Lipinski definition) is 1. The standard InChI is InChI=1S/C15H25N3O2/c1-4-9-18(10-13-7-5-6-8-16-13)15(19)14-11(2)17-12(3)20-14/h13,16H,4-10H2,1-3H3. The van der Waals surface area contributed by atoms with Crippen molar-refractivity contribution in [2.24, 2.45) is 0 Å². The highest BCUT2D eigenvalue weighted by Gasteiger charge is 2.25. The van der Waals surface area contributed by atoms with Crippen LogP contribution in [0.25, 0.3) is 0 Å². The van der Waals surface area contributed by atoms with Crippen LogP contribution in [0.4, 0.5) is 0 Å². The van der Waals surface area contributed by atoms with E-state index in [2.05, 4.69) is 17.2 Å². The highest BCUT2D eigenvalue weighted by atomic mass is 16.4. The molecule has 0 radical (unpaired) electrons. The van der Waals surface area contributed by atoms with Gasteiger partial charge in [0.15, 0.2) is 5.89 Å². The summed E-state index contributed by atoms with van der Waals surface area (Å²) in [6.07, 6.45) is 4.57. The first kappa shape index (κ1) is 15.0. The normalized spacial score (nSPS) is 19.1. The van der Waals surface area contributed by atoms with Crippen LogP contribution in [0, 0.1) is 13.8 Å². The Hall–Kier alpha value is -1.36. The van der Waals surface area contributed by atoms with E-state index in [1.54, 1.807) is 6.92 Å². The van der Waals surface area contributed by atoms with Gasteiger partial charge in [0, 0.05) is 26.1 Å². The monoisotopic (exact) mass is 279 g/mol. The fraction of sp³-hybridized carbons (Fsp3) is 0.733. The Morgan fingerprint density at radius 3 is 2.80 bits per heavy atom. The second-order valence-corrected chi connectivity index (χ2v) is 5.55. The van der Waals surface area contributed by atoms with Crippen molar-refractivity contribution in [3.8, 4) is 0 Å². The number of rotatable bonds is 5. The molecular weight excluding hydrogens is 254 g/mol. The lowest BCUT2D eigenvalue weighted by molar-refractivity contribution is 0.0697. The summed E-state index contributed by atoms with van der Waals surface area (Å²) in [6.45, 7) is 8.26. The first-order chi connectivity index (χ1) is 9.61. The first-order valence-corrected chi connectivity index (χ1v) is 7.58. The summed E-state index contributed by atoms with van der Waals surface area (Å²) in [5.74, 6) is 0.919. The van der Waals surface area contributed by atoms with Gasteiger partial charge in [0.1, 0.15) is 0 Å². The molecule has 1 N–H and O–H groups in total. The molecule has 5 heteroatoms. The van der Waals surface area contributed by atoms with Crippen LogP contribution < -0.4 is 5.32 Å². The van der Waals surface area contributed by atoms with Crippen molar-refractivity contribution in [3.63, 3.8) is 0 Å². The zero-order chi connectivity index (χ0) is 14.5. The van der Waals surface area contributed by atoms with Gasteiger partial charge >= 0.3 is 0 Å². The van der Waals surface area contributed by atoms with Gasteiger partial charge in [-0.2, -0.15) is 0 Å².